The molecule has 2 aromatic heterocycles. The average molecular weight is 539 g/mol. The fraction of sp³-hybridized carbons (Fsp3) is 0.545. The van der Waals surface area contributed by atoms with Gasteiger partial charge in [-0.05, 0) is 25.0 Å². The van der Waals surface area contributed by atoms with E-state index in [0.717, 1.165) is 6.26 Å². The van der Waals surface area contributed by atoms with Gasteiger partial charge in [0, 0.05) is 26.7 Å². The molecule has 0 bridgehead atoms. The van der Waals surface area contributed by atoms with E-state index in [1.54, 1.807) is 23.2 Å². The fourth-order valence-corrected chi connectivity index (χ4v) is 5.25. The van der Waals surface area contributed by atoms with Crippen molar-refractivity contribution in [1.82, 2.24) is 33.9 Å². The van der Waals surface area contributed by atoms with Crippen molar-refractivity contribution in [3.8, 4) is 11.7 Å². The average Bonchev–Trinajstić information content (AvgIpc) is 3.53. The summed E-state index contributed by atoms with van der Waals surface area (Å²) in [5.41, 5.74) is 0.616. The van der Waals surface area contributed by atoms with Crippen LogP contribution in [0.2, 0.25) is 0 Å². The van der Waals surface area contributed by atoms with Gasteiger partial charge in [-0.3, -0.25) is 4.57 Å². The third-order valence-electron chi connectivity index (χ3n) is 6.58. The molecule has 0 N–H and O–H groups in total. The minimum absolute atomic E-state index is 0.0218. The number of hydrogen-bond donors (Lipinski definition) is 0. The van der Waals surface area contributed by atoms with Gasteiger partial charge in [0.25, 0.3) is 6.43 Å². The molecule has 0 radical (unpaired) electrons. The number of fused-ring (bicyclic) bond motifs is 1. The Bertz CT molecular complexity index is 1400. The van der Waals surface area contributed by atoms with Crippen LogP contribution in [0.3, 0.4) is 0 Å². The molecular weight excluding hydrogens is 510 g/mol. The van der Waals surface area contributed by atoms with Crippen LogP contribution in [0.5, 0.6) is 5.75 Å². The molecule has 0 aliphatic carbocycles. The number of anilines is 1. The Morgan fingerprint density at radius 2 is 1.84 bits per heavy atom. The number of halogens is 2. The molecule has 200 valence electrons. The monoisotopic (exact) mass is 538 g/mol. The quantitative estimate of drug-likeness (QED) is 0.442. The van der Waals surface area contributed by atoms with Crippen LogP contribution in [0.4, 0.5) is 14.7 Å². The molecule has 2 fully saturated rings. The van der Waals surface area contributed by atoms with Gasteiger partial charge >= 0.3 is 0 Å². The minimum Gasteiger partial charge on any atom is -0.494 e. The molecular formula is C22H28F2N8O4S. The molecule has 2 aliphatic rings. The van der Waals surface area contributed by atoms with Crippen LogP contribution in [-0.2, 0) is 14.8 Å². The number of benzene rings is 1. The predicted molar refractivity (Wildman–Crippen MR) is 130 cm³/mol. The SMILES string of the molecule is COc1cccc2c1nc(C(F)F)n2-c1nc([C@H]2CCCN2N(C)S(C)(=O)=O)nc(N2CCOCC2)n1. The van der Waals surface area contributed by atoms with E-state index >= 15 is 0 Å². The zero-order valence-corrected chi connectivity index (χ0v) is 21.5. The molecule has 2 saturated heterocycles. The molecule has 12 nitrogen and oxygen atoms in total. The summed E-state index contributed by atoms with van der Waals surface area (Å²) in [5, 5.41) is 1.68. The molecule has 37 heavy (non-hydrogen) atoms. The van der Waals surface area contributed by atoms with Gasteiger partial charge in [0.15, 0.2) is 11.6 Å². The van der Waals surface area contributed by atoms with Crippen molar-refractivity contribution in [2.75, 3.05) is 58.2 Å². The number of aromatic nitrogens is 5. The van der Waals surface area contributed by atoms with E-state index in [4.69, 9.17) is 14.5 Å². The van der Waals surface area contributed by atoms with Gasteiger partial charge in [-0.25, -0.2) is 27.2 Å². The maximum atomic E-state index is 14.2. The van der Waals surface area contributed by atoms with Crippen molar-refractivity contribution in [2.24, 2.45) is 0 Å². The Morgan fingerprint density at radius 1 is 1.11 bits per heavy atom. The van der Waals surface area contributed by atoms with Crippen molar-refractivity contribution in [2.45, 2.75) is 25.3 Å². The Labute approximate surface area is 212 Å². The number of alkyl halides is 2. The lowest BCUT2D eigenvalue weighted by atomic mass is 10.2. The lowest BCUT2D eigenvalue weighted by Crippen LogP contribution is -2.43. The third-order valence-corrected chi connectivity index (χ3v) is 7.75. The molecule has 0 spiro atoms. The summed E-state index contributed by atoms with van der Waals surface area (Å²) in [4.78, 5) is 20.0. The van der Waals surface area contributed by atoms with Crippen molar-refractivity contribution < 1.29 is 26.7 Å². The highest BCUT2D eigenvalue weighted by Gasteiger charge is 2.36. The minimum atomic E-state index is -3.53. The maximum Gasteiger partial charge on any atom is 0.296 e. The number of para-hydroxylation sites is 1. The van der Waals surface area contributed by atoms with Crippen LogP contribution in [0.1, 0.15) is 37.0 Å². The largest absolute Gasteiger partial charge is 0.494 e. The van der Waals surface area contributed by atoms with Gasteiger partial charge in [-0.15, -0.1) is 4.41 Å². The first-order chi connectivity index (χ1) is 17.7. The van der Waals surface area contributed by atoms with Crippen LogP contribution in [0, 0.1) is 0 Å². The topological polar surface area (TPSA) is 119 Å². The van der Waals surface area contributed by atoms with Crippen LogP contribution in [-0.4, -0.2) is 95.6 Å². The lowest BCUT2D eigenvalue weighted by Gasteiger charge is -2.32. The van der Waals surface area contributed by atoms with Crippen molar-refractivity contribution in [1.29, 1.82) is 0 Å². The van der Waals surface area contributed by atoms with Gasteiger partial charge in [-0.1, -0.05) is 6.07 Å². The summed E-state index contributed by atoms with van der Waals surface area (Å²) >= 11 is 0. The number of hydrogen-bond acceptors (Lipinski definition) is 10. The lowest BCUT2D eigenvalue weighted by molar-refractivity contribution is 0.0647. The first-order valence-corrected chi connectivity index (χ1v) is 13.7. The normalized spacial score (nSPS) is 19.4. The number of nitrogens with zero attached hydrogens (tertiary/aromatic N) is 8. The summed E-state index contributed by atoms with van der Waals surface area (Å²) in [6, 6.07) is 4.48. The van der Waals surface area contributed by atoms with E-state index in [9.17, 15) is 17.2 Å². The Morgan fingerprint density at radius 3 is 2.51 bits per heavy atom. The highest BCUT2D eigenvalue weighted by Crippen LogP contribution is 2.35. The van der Waals surface area contributed by atoms with Crippen molar-refractivity contribution in [3.63, 3.8) is 0 Å². The highest BCUT2D eigenvalue weighted by atomic mass is 32.2. The predicted octanol–water partition coefficient (Wildman–Crippen LogP) is 1.94. The Kier molecular flexibility index (Phi) is 6.95. The molecule has 15 heteroatoms. The van der Waals surface area contributed by atoms with Crippen molar-refractivity contribution >= 4 is 27.0 Å². The van der Waals surface area contributed by atoms with Crippen LogP contribution in [0.15, 0.2) is 18.2 Å². The Balaban J connectivity index is 1.70. The summed E-state index contributed by atoms with van der Waals surface area (Å²) in [6.45, 7) is 2.45. The van der Waals surface area contributed by atoms with E-state index in [2.05, 4.69) is 15.0 Å². The number of rotatable bonds is 7. The zero-order valence-electron chi connectivity index (χ0n) is 20.7. The van der Waals surface area contributed by atoms with Gasteiger partial charge in [0.2, 0.25) is 21.9 Å². The second-order valence-electron chi connectivity index (χ2n) is 8.85. The number of morpholine rings is 1. The van der Waals surface area contributed by atoms with Gasteiger partial charge in [0.1, 0.15) is 11.3 Å². The molecule has 1 aromatic carbocycles. The van der Waals surface area contributed by atoms with Crippen LogP contribution >= 0.6 is 0 Å². The summed E-state index contributed by atoms with van der Waals surface area (Å²) < 4.78 is 66.3. The summed E-state index contributed by atoms with van der Waals surface area (Å²) in [7, 11) is -0.613. The van der Waals surface area contributed by atoms with E-state index in [0.29, 0.717) is 68.7 Å². The highest BCUT2D eigenvalue weighted by molar-refractivity contribution is 7.88. The van der Waals surface area contributed by atoms with Gasteiger partial charge < -0.3 is 14.4 Å². The number of sulfonamides is 1. The molecule has 1 atom stereocenters. The zero-order chi connectivity index (χ0) is 26.3. The first-order valence-electron chi connectivity index (χ1n) is 11.8. The van der Waals surface area contributed by atoms with Crippen LogP contribution in [0.25, 0.3) is 17.0 Å². The third kappa shape index (κ3) is 4.83. The van der Waals surface area contributed by atoms with Crippen LogP contribution < -0.4 is 9.64 Å². The van der Waals surface area contributed by atoms with E-state index in [1.165, 1.54) is 23.1 Å². The number of methoxy groups -OCH3 is 1. The maximum absolute atomic E-state index is 14.2. The molecule has 0 amide bonds. The molecule has 0 saturated carbocycles. The van der Waals surface area contributed by atoms with E-state index in [-0.39, 0.29) is 11.5 Å². The molecule has 3 aromatic rings. The number of imidazole rings is 1. The number of ether oxygens (including phenoxy) is 2. The molecule has 2 aliphatic heterocycles. The van der Waals surface area contributed by atoms with E-state index in [1.807, 2.05) is 4.90 Å². The molecule has 0 unspecified atom stereocenters. The van der Waals surface area contributed by atoms with Gasteiger partial charge in [0.05, 0.1) is 38.1 Å². The summed E-state index contributed by atoms with van der Waals surface area (Å²) in [5.74, 6) is 0.400. The fourth-order valence-electron chi connectivity index (χ4n) is 4.68. The molecule has 4 heterocycles. The second-order valence-corrected chi connectivity index (χ2v) is 10.8. The first kappa shape index (κ1) is 25.6. The van der Waals surface area contributed by atoms with E-state index < -0.39 is 28.3 Å². The van der Waals surface area contributed by atoms with Gasteiger partial charge in [-0.2, -0.15) is 15.0 Å². The second kappa shape index (κ2) is 10.0. The number of hydrazine groups is 1. The Hall–Kier alpha value is -3.01. The standard InChI is InChI=1S/C22H28F2N8O4S/c1-29(37(3,33)34)31-9-5-7-15(31)19-26-21(30-10-12-36-13-11-30)28-22(27-19)32-14-6-4-8-16(35-2)17(14)25-20(32)18(23)24/h4,6,8,15,18H,5,7,9-13H2,1-3H3/t15-/m1/s1. The summed E-state index contributed by atoms with van der Waals surface area (Å²) in [6.07, 6.45) is -0.485. The smallest absolute Gasteiger partial charge is 0.296 e. The van der Waals surface area contributed by atoms with Crippen molar-refractivity contribution in [3.05, 3.63) is 29.8 Å². The molecule has 5 rings (SSSR count).